The van der Waals surface area contributed by atoms with E-state index in [2.05, 4.69) is 30.8 Å². The summed E-state index contributed by atoms with van der Waals surface area (Å²) in [7, 11) is 1.81. The molecule has 2 aromatic heterocycles. The molecule has 0 saturated carbocycles. The van der Waals surface area contributed by atoms with E-state index in [1.807, 2.05) is 32.2 Å². The second-order valence-corrected chi connectivity index (χ2v) is 6.06. The minimum absolute atomic E-state index is 0.00232. The van der Waals surface area contributed by atoms with E-state index in [0.29, 0.717) is 37.9 Å². The van der Waals surface area contributed by atoms with Crippen LogP contribution in [0, 0.1) is 6.92 Å². The summed E-state index contributed by atoms with van der Waals surface area (Å²) in [4.78, 5) is 14.3. The van der Waals surface area contributed by atoms with Gasteiger partial charge >= 0.3 is 0 Å². The predicted molar refractivity (Wildman–Crippen MR) is 93.3 cm³/mol. The number of nitrogens with one attached hydrogen (secondary N) is 2. The number of carbonyl (C=O) groups excluding carboxylic acids is 1. The second-order valence-electron chi connectivity index (χ2n) is 6.06. The number of amides is 1. The van der Waals surface area contributed by atoms with E-state index in [4.69, 9.17) is 4.74 Å². The largest absolute Gasteiger partial charge is 0.374 e. The first-order valence-corrected chi connectivity index (χ1v) is 8.26. The lowest BCUT2D eigenvalue weighted by atomic mass is 10.2. The number of aryl methyl sites for hydroxylation is 2. The van der Waals surface area contributed by atoms with Crippen LogP contribution >= 0.6 is 0 Å². The average Bonchev–Trinajstić information content (AvgIpc) is 2.91. The van der Waals surface area contributed by atoms with Gasteiger partial charge in [-0.05, 0) is 19.1 Å². The Morgan fingerprint density at radius 1 is 1.48 bits per heavy atom. The molecule has 0 bridgehead atoms. The van der Waals surface area contributed by atoms with Crippen LogP contribution in [-0.4, -0.2) is 69.7 Å². The molecular formula is C16H23N7O2. The Labute approximate surface area is 146 Å². The number of nitrogens with zero attached hydrogens (tertiary/aromatic N) is 5. The van der Waals surface area contributed by atoms with Gasteiger partial charge in [0.05, 0.1) is 24.9 Å². The molecule has 3 rings (SSSR count). The van der Waals surface area contributed by atoms with Crippen molar-refractivity contribution in [2.75, 3.05) is 43.4 Å². The highest BCUT2D eigenvalue weighted by Gasteiger charge is 2.22. The van der Waals surface area contributed by atoms with Crippen LogP contribution in [0.2, 0.25) is 0 Å². The van der Waals surface area contributed by atoms with E-state index >= 15 is 0 Å². The lowest BCUT2D eigenvalue weighted by Gasteiger charge is -2.32. The van der Waals surface area contributed by atoms with E-state index in [0.717, 1.165) is 12.2 Å². The summed E-state index contributed by atoms with van der Waals surface area (Å²) in [5, 5.41) is 18.1. The molecule has 0 spiro atoms. The zero-order chi connectivity index (χ0) is 17.6. The summed E-state index contributed by atoms with van der Waals surface area (Å²) in [5.74, 6) is 1.37. The van der Waals surface area contributed by atoms with E-state index < -0.39 is 0 Å². The first kappa shape index (κ1) is 17.3. The van der Waals surface area contributed by atoms with Gasteiger partial charge in [-0.25, -0.2) is 0 Å². The molecule has 2 aromatic rings. The SMILES string of the molecule is Cc1cc(NC(=O)CN2CCO[C@H](CNc3cccnn3)C2)n(C)n1. The zero-order valence-corrected chi connectivity index (χ0v) is 14.5. The van der Waals surface area contributed by atoms with Gasteiger partial charge in [0, 0.05) is 38.9 Å². The lowest BCUT2D eigenvalue weighted by Crippen LogP contribution is -2.47. The minimum atomic E-state index is -0.0504. The number of morpholine rings is 1. The van der Waals surface area contributed by atoms with Crippen LogP contribution < -0.4 is 10.6 Å². The van der Waals surface area contributed by atoms with Crippen LogP contribution in [0.3, 0.4) is 0 Å². The maximum Gasteiger partial charge on any atom is 0.239 e. The number of rotatable bonds is 6. The fraction of sp³-hybridized carbons (Fsp3) is 0.500. The molecule has 2 N–H and O–H groups in total. The fourth-order valence-corrected chi connectivity index (χ4v) is 2.77. The molecular weight excluding hydrogens is 322 g/mol. The third kappa shape index (κ3) is 4.97. The van der Waals surface area contributed by atoms with Crippen molar-refractivity contribution in [3.8, 4) is 0 Å². The van der Waals surface area contributed by atoms with Crippen molar-refractivity contribution in [2.24, 2.45) is 7.05 Å². The van der Waals surface area contributed by atoms with E-state index in [1.54, 1.807) is 10.9 Å². The molecule has 134 valence electrons. The summed E-state index contributed by atoms with van der Waals surface area (Å²) >= 11 is 0. The molecule has 9 heteroatoms. The third-order valence-electron chi connectivity index (χ3n) is 3.94. The predicted octanol–water partition coefficient (Wildman–Crippen LogP) is 0.270. The van der Waals surface area contributed by atoms with Gasteiger partial charge in [-0.1, -0.05) is 0 Å². The van der Waals surface area contributed by atoms with Gasteiger partial charge in [0.2, 0.25) is 5.91 Å². The van der Waals surface area contributed by atoms with Crippen LogP contribution in [0.25, 0.3) is 0 Å². The molecule has 3 heterocycles. The first-order valence-electron chi connectivity index (χ1n) is 8.26. The van der Waals surface area contributed by atoms with Crippen molar-refractivity contribution in [1.29, 1.82) is 0 Å². The van der Waals surface area contributed by atoms with E-state index in [9.17, 15) is 4.79 Å². The van der Waals surface area contributed by atoms with Crippen molar-refractivity contribution >= 4 is 17.5 Å². The topological polar surface area (TPSA) is 97.2 Å². The molecule has 1 atom stereocenters. The molecule has 1 saturated heterocycles. The molecule has 1 aliphatic rings. The highest BCUT2D eigenvalue weighted by molar-refractivity contribution is 5.91. The Morgan fingerprint density at radius 2 is 2.36 bits per heavy atom. The molecule has 1 amide bonds. The lowest BCUT2D eigenvalue weighted by molar-refractivity contribution is -0.119. The first-order chi connectivity index (χ1) is 12.1. The quantitative estimate of drug-likeness (QED) is 0.775. The monoisotopic (exact) mass is 345 g/mol. The van der Waals surface area contributed by atoms with Gasteiger partial charge < -0.3 is 15.4 Å². The summed E-state index contributed by atoms with van der Waals surface area (Å²) in [6, 6.07) is 5.54. The number of hydrogen-bond donors (Lipinski definition) is 2. The fourth-order valence-electron chi connectivity index (χ4n) is 2.77. The van der Waals surface area contributed by atoms with Gasteiger partial charge in [-0.2, -0.15) is 10.2 Å². The van der Waals surface area contributed by atoms with Crippen LogP contribution in [0.5, 0.6) is 0 Å². The molecule has 9 nitrogen and oxygen atoms in total. The number of ether oxygens (including phenoxy) is 1. The average molecular weight is 345 g/mol. The summed E-state index contributed by atoms with van der Waals surface area (Å²) in [6.45, 7) is 4.87. The van der Waals surface area contributed by atoms with Crippen molar-refractivity contribution < 1.29 is 9.53 Å². The maximum absolute atomic E-state index is 12.3. The van der Waals surface area contributed by atoms with Gasteiger partial charge in [-0.3, -0.25) is 14.4 Å². The zero-order valence-electron chi connectivity index (χ0n) is 14.5. The van der Waals surface area contributed by atoms with Crippen LogP contribution in [0.15, 0.2) is 24.4 Å². The van der Waals surface area contributed by atoms with Crippen molar-refractivity contribution in [2.45, 2.75) is 13.0 Å². The van der Waals surface area contributed by atoms with Gasteiger partial charge in [-0.15, -0.1) is 5.10 Å². The Hall–Kier alpha value is -2.52. The normalized spacial score (nSPS) is 18.1. The van der Waals surface area contributed by atoms with Crippen LogP contribution in [-0.2, 0) is 16.6 Å². The van der Waals surface area contributed by atoms with Gasteiger partial charge in [0.25, 0.3) is 0 Å². The molecule has 0 unspecified atom stereocenters. The smallest absolute Gasteiger partial charge is 0.239 e. The number of hydrogen-bond acceptors (Lipinski definition) is 7. The Kier molecular flexibility index (Phi) is 5.56. The number of anilines is 2. The summed E-state index contributed by atoms with van der Waals surface area (Å²) in [5.41, 5.74) is 0.874. The molecule has 1 aliphatic heterocycles. The third-order valence-corrected chi connectivity index (χ3v) is 3.94. The van der Waals surface area contributed by atoms with Crippen molar-refractivity contribution in [3.05, 3.63) is 30.1 Å². The molecule has 0 aromatic carbocycles. The molecule has 25 heavy (non-hydrogen) atoms. The Morgan fingerprint density at radius 3 is 3.08 bits per heavy atom. The van der Waals surface area contributed by atoms with E-state index in [-0.39, 0.29) is 12.0 Å². The van der Waals surface area contributed by atoms with Crippen molar-refractivity contribution in [1.82, 2.24) is 24.9 Å². The van der Waals surface area contributed by atoms with Crippen LogP contribution in [0.4, 0.5) is 11.6 Å². The molecule has 0 aliphatic carbocycles. The summed E-state index contributed by atoms with van der Waals surface area (Å²) in [6.07, 6.45) is 1.63. The number of aromatic nitrogens is 4. The minimum Gasteiger partial charge on any atom is -0.374 e. The van der Waals surface area contributed by atoms with Crippen molar-refractivity contribution in [3.63, 3.8) is 0 Å². The van der Waals surface area contributed by atoms with E-state index in [1.165, 1.54) is 0 Å². The highest BCUT2D eigenvalue weighted by Crippen LogP contribution is 2.10. The Balaban J connectivity index is 1.46. The second kappa shape index (κ2) is 8.04. The van der Waals surface area contributed by atoms with Gasteiger partial charge in [0.15, 0.2) is 0 Å². The van der Waals surface area contributed by atoms with Crippen LogP contribution in [0.1, 0.15) is 5.69 Å². The summed E-state index contributed by atoms with van der Waals surface area (Å²) < 4.78 is 7.42. The number of carbonyl (C=O) groups is 1. The van der Waals surface area contributed by atoms with Gasteiger partial charge in [0.1, 0.15) is 11.6 Å². The Bertz CT molecular complexity index is 704. The standard InChI is InChI=1S/C16H23N7O2/c1-12-8-15(22(2)21-12)19-16(24)11-23-6-7-25-13(10-23)9-17-14-4-3-5-18-20-14/h3-5,8,13H,6-7,9-11H2,1-2H3,(H,17,20)(H,19,24)/t13-/m1/s1. The molecule has 1 fully saturated rings. The molecule has 0 radical (unpaired) electrons. The maximum atomic E-state index is 12.3. The highest BCUT2D eigenvalue weighted by atomic mass is 16.5.